The molecule has 0 N–H and O–H groups in total. The van der Waals surface area contributed by atoms with Gasteiger partial charge < -0.3 is 14.2 Å². The molecule has 0 spiro atoms. The van der Waals surface area contributed by atoms with E-state index in [-0.39, 0.29) is 24.1 Å². The Hall–Kier alpha value is -2.82. The summed E-state index contributed by atoms with van der Waals surface area (Å²) in [7, 11) is 1.62. The van der Waals surface area contributed by atoms with E-state index in [4.69, 9.17) is 14.2 Å². The Morgan fingerprint density at radius 1 is 0.489 bits per heavy atom. The van der Waals surface area contributed by atoms with Gasteiger partial charge in [-0.3, -0.25) is 0 Å². The smallest absolute Gasteiger partial charge is 0.338 e. The van der Waals surface area contributed by atoms with E-state index >= 15 is 0 Å². The van der Waals surface area contributed by atoms with Crippen molar-refractivity contribution in [3.8, 4) is 5.75 Å². The maximum absolute atomic E-state index is 12.3. The van der Waals surface area contributed by atoms with Crippen LogP contribution in [0.1, 0.15) is 143 Å². The van der Waals surface area contributed by atoms with Crippen molar-refractivity contribution in [1.29, 1.82) is 0 Å². The zero-order valence-electron chi connectivity index (χ0n) is 29.6. The van der Waals surface area contributed by atoms with Crippen molar-refractivity contribution in [1.82, 2.24) is 0 Å². The number of ether oxygens (including phenoxy) is 3. The molecule has 2 aromatic rings. The van der Waals surface area contributed by atoms with Gasteiger partial charge in [-0.2, -0.15) is 0 Å². The fourth-order valence-corrected chi connectivity index (χ4v) is 8.73. The molecule has 0 heterocycles. The van der Waals surface area contributed by atoms with Crippen LogP contribution in [0.5, 0.6) is 5.75 Å². The lowest BCUT2D eigenvalue weighted by Gasteiger charge is -2.37. The molecule has 47 heavy (non-hydrogen) atoms. The van der Waals surface area contributed by atoms with Crippen LogP contribution in [0, 0.1) is 42.4 Å². The number of methoxy groups -OCH3 is 1. The Balaban J connectivity index is 0.000000185. The fraction of sp³-hybridized carbons (Fsp3) is 0.667. The highest BCUT2D eigenvalue weighted by molar-refractivity contribution is 5.90. The van der Waals surface area contributed by atoms with Gasteiger partial charge in [-0.15, -0.1) is 0 Å². The maximum Gasteiger partial charge on any atom is 0.338 e. The van der Waals surface area contributed by atoms with E-state index < -0.39 is 0 Å². The van der Waals surface area contributed by atoms with Gasteiger partial charge in [0.1, 0.15) is 18.0 Å². The van der Waals surface area contributed by atoms with E-state index in [0.717, 1.165) is 66.9 Å². The maximum atomic E-state index is 12.3. The first-order valence-electron chi connectivity index (χ1n) is 18.9. The van der Waals surface area contributed by atoms with Gasteiger partial charge in [0.25, 0.3) is 0 Å². The molecule has 0 bridgehead atoms. The fourth-order valence-electron chi connectivity index (χ4n) is 8.73. The van der Waals surface area contributed by atoms with Gasteiger partial charge >= 0.3 is 11.9 Å². The first kappa shape index (κ1) is 35.5. The predicted molar refractivity (Wildman–Crippen MR) is 189 cm³/mol. The summed E-state index contributed by atoms with van der Waals surface area (Å²) in [5.41, 5.74) is 2.46. The molecular formula is C42H60O5. The molecule has 0 amide bonds. The highest BCUT2D eigenvalue weighted by atomic mass is 16.5. The zero-order chi connectivity index (χ0) is 33.2. The Bertz CT molecular complexity index is 1220. The summed E-state index contributed by atoms with van der Waals surface area (Å²) in [5, 5.41) is 0. The highest BCUT2D eigenvalue weighted by Crippen LogP contribution is 2.41. The van der Waals surface area contributed by atoms with Gasteiger partial charge in [0.15, 0.2) is 0 Å². The average molecular weight is 645 g/mol. The number of esters is 2. The molecule has 258 valence electrons. The molecule has 2 aromatic carbocycles. The number of rotatable bonds is 7. The summed E-state index contributed by atoms with van der Waals surface area (Å²) in [5.74, 6) is 5.83. The number of aryl methyl sites for hydroxylation is 1. The third-order valence-electron chi connectivity index (χ3n) is 12.1. The van der Waals surface area contributed by atoms with Gasteiger partial charge in [-0.1, -0.05) is 57.2 Å². The van der Waals surface area contributed by atoms with E-state index in [9.17, 15) is 9.59 Å². The third-order valence-corrected chi connectivity index (χ3v) is 12.1. The minimum atomic E-state index is -0.201. The van der Waals surface area contributed by atoms with E-state index in [1.54, 1.807) is 31.4 Å². The summed E-state index contributed by atoms with van der Waals surface area (Å²) in [6.45, 7) is 6.80. The molecule has 0 atom stereocenters. The molecule has 0 saturated heterocycles. The zero-order valence-corrected chi connectivity index (χ0v) is 29.6. The van der Waals surface area contributed by atoms with Crippen molar-refractivity contribution in [2.75, 3.05) is 7.11 Å². The molecule has 4 fully saturated rings. The average Bonchev–Trinajstić information content (AvgIpc) is 3.10. The second-order valence-corrected chi connectivity index (χ2v) is 15.5. The number of carbonyl (C=O) groups is 2. The number of hydrogen-bond donors (Lipinski definition) is 0. The molecule has 0 unspecified atom stereocenters. The molecule has 0 radical (unpaired) electrons. The van der Waals surface area contributed by atoms with Crippen LogP contribution in [0.2, 0.25) is 0 Å². The lowest BCUT2D eigenvalue weighted by atomic mass is 9.71. The van der Waals surface area contributed by atoms with Crippen molar-refractivity contribution in [2.24, 2.45) is 35.5 Å². The van der Waals surface area contributed by atoms with Crippen molar-refractivity contribution >= 4 is 11.9 Å². The van der Waals surface area contributed by atoms with Crippen LogP contribution in [-0.4, -0.2) is 31.3 Å². The van der Waals surface area contributed by atoms with Crippen molar-refractivity contribution < 1.29 is 23.8 Å². The van der Waals surface area contributed by atoms with Gasteiger partial charge in [0, 0.05) is 0 Å². The van der Waals surface area contributed by atoms with Gasteiger partial charge in [-0.25, -0.2) is 9.59 Å². The monoisotopic (exact) mass is 644 g/mol. The van der Waals surface area contributed by atoms with E-state index in [1.807, 2.05) is 31.2 Å². The summed E-state index contributed by atoms with van der Waals surface area (Å²) >= 11 is 0. The standard InChI is InChI=1S/C21H30O3.C21H30O2/c1-15-3-5-16(6-4-15)17-7-13-20(14-8-17)24-21(22)18-9-11-19(23-2)12-10-18;1-15-3-7-17(8-4-15)18-11-13-20(14-12-18)23-21(22)19-9-5-16(2)6-10-19/h9-12,15-17,20H,3-8,13-14H2,1-2H3;5-6,9-10,15,17-18,20H,3-4,7-8,11-14H2,1-2H3. The summed E-state index contributed by atoms with van der Waals surface area (Å²) < 4.78 is 16.6. The topological polar surface area (TPSA) is 61.8 Å². The molecule has 5 nitrogen and oxygen atoms in total. The van der Waals surface area contributed by atoms with E-state index in [2.05, 4.69) is 13.8 Å². The second kappa shape index (κ2) is 17.5. The Labute approximate surface area is 284 Å². The quantitative estimate of drug-likeness (QED) is 0.281. The minimum Gasteiger partial charge on any atom is -0.497 e. The summed E-state index contributed by atoms with van der Waals surface area (Å²) in [6, 6.07) is 14.8. The van der Waals surface area contributed by atoms with Crippen molar-refractivity contribution in [3.05, 3.63) is 65.2 Å². The van der Waals surface area contributed by atoms with Crippen LogP contribution >= 0.6 is 0 Å². The molecule has 5 heteroatoms. The lowest BCUT2D eigenvalue weighted by Crippen LogP contribution is -2.29. The van der Waals surface area contributed by atoms with Crippen LogP contribution in [0.4, 0.5) is 0 Å². The molecular weight excluding hydrogens is 584 g/mol. The third kappa shape index (κ3) is 10.6. The van der Waals surface area contributed by atoms with Crippen molar-refractivity contribution in [2.45, 2.75) is 136 Å². The lowest BCUT2D eigenvalue weighted by molar-refractivity contribution is 0.0103. The first-order valence-corrected chi connectivity index (χ1v) is 18.9. The molecule has 4 aliphatic carbocycles. The molecule has 0 aromatic heterocycles. The second-order valence-electron chi connectivity index (χ2n) is 15.5. The Morgan fingerprint density at radius 2 is 0.809 bits per heavy atom. The molecule has 0 aliphatic heterocycles. The van der Waals surface area contributed by atoms with Crippen LogP contribution in [0.3, 0.4) is 0 Å². The van der Waals surface area contributed by atoms with Crippen LogP contribution in [0.25, 0.3) is 0 Å². The predicted octanol–water partition coefficient (Wildman–Crippen LogP) is 10.8. The van der Waals surface area contributed by atoms with E-state index in [1.165, 1.54) is 82.6 Å². The number of benzene rings is 2. The molecule has 4 aliphatic rings. The normalized spacial score (nSPS) is 31.1. The van der Waals surface area contributed by atoms with Gasteiger partial charge in [0.2, 0.25) is 0 Å². The van der Waals surface area contributed by atoms with E-state index in [0.29, 0.717) is 11.1 Å². The highest BCUT2D eigenvalue weighted by Gasteiger charge is 2.32. The first-order chi connectivity index (χ1) is 22.8. The minimum absolute atomic E-state index is 0.0957. The van der Waals surface area contributed by atoms with Crippen LogP contribution in [0.15, 0.2) is 48.5 Å². The summed E-state index contributed by atoms with van der Waals surface area (Å²) in [6.07, 6.45) is 20.6. The van der Waals surface area contributed by atoms with Crippen molar-refractivity contribution in [3.63, 3.8) is 0 Å². The molecule has 6 rings (SSSR count). The van der Waals surface area contributed by atoms with Crippen LogP contribution < -0.4 is 4.74 Å². The summed E-state index contributed by atoms with van der Waals surface area (Å²) in [4.78, 5) is 24.5. The van der Waals surface area contributed by atoms with Gasteiger partial charge in [0.05, 0.1) is 18.2 Å². The number of carbonyl (C=O) groups excluding carboxylic acids is 2. The molecule has 4 saturated carbocycles. The Morgan fingerprint density at radius 3 is 1.15 bits per heavy atom. The SMILES string of the molecule is COc1ccc(C(=O)OC2CCC(C3CCC(C)CC3)CC2)cc1.Cc1ccc(C(=O)OC2CCC(C3CCC(C)CC3)CC2)cc1. The Kier molecular flexibility index (Phi) is 13.2. The van der Waals surface area contributed by atoms with Gasteiger partial charge in [-0.05, 0) is 156 Å². The number of hydrogen-bond acceptors (Lipinski definition) is 5. The van der Waals surface area contributed by atoms with Crippen LogP contribution in [-0.2, 0) is 9.47 Å². The largest absolute Gasteiger partial charge is 0.497 e.